The van der Waals surface area contributed by atoms with E-state index in [0.29, 0.717) is 5.69 Å². The van der Waals surface area contributed by atoms with Crippen LogP contribution in [0.2, 0.25) is 0 Å². The maximum Gasteiger partial charge on any atom is 0.230 e. The highest BCUT2D eigenvalue weighted by Gasteiger charge is 2.11. The minimum Gasteiger partial charge on any atom is -0.325 e. The second kappa shape index (κ2) is 5.93. The first-order valence-electron chi connectivity index (χ1n) is 5.72. The van der Waals surface area contributed by atoms with E-state index in [2.05, 4.69) is 26.2 Å². The van der Waals surface area contributed by atoms with Crippen molar-refractivity contribution in [3.8, 4) is 0 Å². The molecule has 0 radical (unpaired) electrons. The highest BCUT2D eigenvalue weighted by molar-refractivity contribution is 9.10. The van der Waals surface area contributed by atoms with Crippen molar-refractivity contribution in [2.45, 2.75) is 13.3 Å². The zero-order valence-corrected chi connectivity index (χ0v) is 11.9. The lowest BCUT2D eigenvalue weighted by Crippen LogP contribution is -2.16. The summed E-state index contributed by atoms with van der Waals surface area (Å²) in [6.45, 7) is 1.89. The number of halogens is 2. The topological polar surface area (TPSA) is 42.0 Å². The molecule has 1 heterocycles. The summed E-state index contributed by atoms with van der Waals surface area (Å²) in [5, 5.41) is 2.75. The predicted molar refractivity (Wildman–Crippen MR) is 75.4 cm³/mol. The summed E-state index contributed by atoms with van der Waals surface area (Å²) in [6, 6.07) is 8.30. The smallest absolute Gasteiger partial charge is 0.230 e. The fraction of sp³-hybridized carbons (Fsp3) is 0.143. The summed E-state index contributed by atoms with van der Waals surface area (Å²) < 4.78 is 14.3. The Labute approximate surface area is 119 Å². The van der Waals surface area contributed by atoms with E-state index >= 15 is 0 Å². The van der Waals surface area contributed by atoms with Gasteiger partial charge in [-0.15, -0.1) is 0 Å². The van der Waals surface area contributed by atoms with Gasteiger partial charge in [-0.3, -0.25) is 9.78 Å². The molecule has 3 nitrogen and oxygen atoms in total. The molecule has 0 bridgehead atoms. The molecular formula is C14H12BrFN2O. The van der Waals surface area contributed by atoms with Gasteiger partial charge in [-0.05, 0) is 36.8 Å². The Balaban J connectivity index is 2.10. The number of anilines is 1. The number of aromatic nitrogens is 1. The second-order valence-electron chi connectivity index (χ2n) is 4.07. The van der Waals surface area contributed by atoms with Crippen LogP contribution in [0.5, 0.6) is 0 Å². The Kier molecular flexibility index (Phi) is 4.27. The van der Waals surface area contributed by atoms with E-state index in [9.17, 15) is 9.18 Å². The maximum absolute atomic E-state index is 13.4. The van der Waals surface area contributed by atoms with Crippen LogP contribution in [0.3, 0.4) is 0 Å². The van der Waals surface area contributed by atoms with Gasteiger partial charge in [0.2, 0.25) is 5.91 Å². The fourth-order valence-electron chi connectivity index (χ4n) is 1.64. The summed E-state index contributed by atoms with van der Waals surface area (Å²) in [5.41, 5.74) is 1.78. The molecule has 0 saturated heterocycles. The molecule has 0 unspecified atom stereocenters. The third-order valence-corrected chi connectivity index (χ3v) is 3.56. The first kappa shape index (κ1) is 13.7. The van der Waals surface area contributed by atoms with Crippen LogP contribution in [0.25, 0.3) is 0 Å². The standard InChI is InChI=1S/C14H12BrFN2O/c1-9-10(15)4-2-6-12(9)18-14(19)8-13-11(16)5-3-7-17-13/h2-7H,8H2,1H3,(H,18,19). The molecule has 0 aliphatic heterocycles. The molecule has 2 aromatic rings. The number of benzene rings is 1. The van der Waals surface area contributed by atoms with Crippen molar-refractivity contribution < 1.29 is 9.18 Å². The Bertz CT molecular complexity index is 616. The van der Waals surface area contributed by atoms with Crippen LogP contribution in [0, 0.1) is 12.7 Å². The number of hydrogen-bond donors (Lipinski definition) is 1. The minimum atomic E-state index is -0.469. The summed E-state index contributed by atoms with van der Waals surface area (Å²) in [6.07, 6.45) is 1.38. The quantitative estimate of drug-likeness (QED) is 0.940. The van der Waals surface area contributed by atoms with Crippen molar-refractivity contribution in [2.75, 3.05) is 5.32 Å². The second-order valence-corrected chi connectivity index (χ2v) is 4.92. The number of amides is 1. The van der Waals surface area contributed by atoms with Crippen molar-refractivity contribution in [2.24, 2.45) is 0 Å². The van der Waals surface area contributed by atoms with Crippen LogP contribution >= 0.6 is 15.9 Å². The molecule has 0 aliphatic rings. The molecule has 98 valence electrons. The van der Waals surface area contributed by atoms with E-state index in [-0.39, 0.29) is 18.0 Å². The van der Waals surface area contributed by atoms with Gasteiger partial charge >= 0.3 is 0 Å². The van der Waals surface area contributed by atoms with Crippen molar-refractivity contribution in [1.29, 1.82) is 0 Å². The Hall–Kier alpha value is -1.75. The van der Waals surface area contributed by atoms with Crippen LogP contribution in [-0.2, 0) is 11.2 Å². The van der Waals surface area contributed by atoms with E-state index in [0.717, 1.165) is 10.0 Å². The third kappa shape index (κ3) is 3.38. The Morgan fingerprint density at radius 1 is 1.37 bits per heavy atom. The first-order valence-corrected chi connectivity index (χ1v) is 6.51. The van der Waals surface area contributed by atoms with Crippen molar-refractivity contribution in [1.82, 2.24) is 4.98 Å². The lowest BCUT2D eigenvalue weighted by Gasteiger charge is -2.09. The Morgan fingerprint density at radius 3 is 2.89 bits per heavy atom. The number of nitrogens with zero attached hydrogens (tertiary/aromatic N) is 1. The average molecular weight is 323 g/mol. The molecular weight excluding hydrogens is 311 g/mol. The summed E-state index contributed by atoms with van der Waals surface area (Å²) in [7, 11) is 0. The SMILES string of the molecule is Cc1c(Br)cccc1NC(=O)Cc1ncccc1F. The van der Waals surface area contributed by atoms with Gasteiger partial charge in [0.25, 0.3) is 0 Å². The van der Waals surface area contributed by atoms with Crippen molar-refractivity contribution in [3.05, 3.63) is 58.1 Å². The highest BCUT2D eigenvalue weighted by Crippen LogP contribution is 2.23. The summed E-state index contributed by atoms with van der Waals surface area (Å²) in [4.78, 5) is 15.7. The molecule has 1 aromatic heterocycles. The van der Waals surface area contributed by atoms with Gasteiger partial charge in [-0.25, -0.2) is 4.39 Å². The zero-order chi connectivity index (χ0) is 13.8. The molecule has 0 fully saturated rings. The molecule has 19 heavy (non-hydrogen) atoms. The van der Waals surface area contributed by atoms with Gasteiger partial charge in [0.1, 0.15) is 5.82 Å². The average Bonchev–Trinajstić information content (AvgIpc) is 2.38. The summed E-state index contributed by atoms with van der Waals surface area (Å²) >= 11 is 3.39. The maximum atomic E-state index is 13.4. The number of carbonyl (C=O) groups excluding carboxylic acids is 1. The normalized spacial score (nSPS) is 10.3. The molecule has 1 aromatic carbocycles. The van der Waals surface area contributed by atoms with Gasteiger partial charge in [-0.1, -0.05) is 22.0 Å². The zero-order valence-electron chi connectivity index (χ0n) is 10.3. The molecule has 0 aliphatic carbocycles. The molecule has 0 atom stereocenters. The Morgan fingerprint density at radius 2 is 2.16 bits per heavy atom. The number of hydrogen-bond acceptors (Lipinski definition) is 2. The number of rotatable bonds is 3. The largest absolute Gasteiger partial charge is 0.325 e. The van der Waals surface area contributed by atoms with Crippen LogP contribution in [0.1, 0.15) is 11.3 Å². The third-order valence-electron chi connectivity index (χ3n) is 2.70. The monoisotopic (exact) mass is 322 g/mol. The van der Waals surface area contributed by atoms with E-state index in [1.807, 2.05) is 19.1 Å². The molecule has 2 rings (SSSR count). The van der Waals surface area contributed by atoms with E-state index in [4.69, 9.17) is 0 Å². The van der Waals surface area contributed by atoms with Crippen molar-refractivity contribution >= 4 is 27.5 Å². The van der Waals surface area contributed by atoms with E-state index in [1.165, 1.54) is 18.3 Å². The lowest BCUT2D eigenvalue weighted by molar-refractivity contribution is -0.115. The van der Waals surface area contributed by atoms with Gasteiger partial charge < -0.3 is 5.32 Å². The number of pyridine rings is 1. The van der Waals surface area contributed by atoms with Crippen LogP contribution < -0.4 is 5.32 Å². The molecule has 5 heteroatoms. The van der Waals surface area contributed by atoms with E-state index < -0.39 is 5.82 Å². The van der Waals surface area contributed by atoms with Gasteiger partial charge in [-0.2, -0.15) is 0 Å². The minimum absolute atomic E-state index is 0.0847. The first-order chi connectivity index (χ1) is 9.08. The molecule has 1 amide bonds. The van der Waals surface area contributed by atoms with Crippen molar-refractivity contribution in [3.63, 3.8) is 0 Å². The number of nitrogens with one attached hydrogen (secondary N) is 1. The summed E-state index contributed by atoms with van der Waals surface area (Å²) in [5.74, 6) is -0.762. The molecule has 0 spiro atoms. The van der Waals surface area contributed by atoms with Crippen LogP contribution in [-0.4, -0.2) is 10.9 Å². The molecule has 1 N–H and O–H groups in total. The van der Waals surface area contributed by atoms with Gasteiger partial charge in [0.05, 0.1) is 12.1 Å². The van der Waals surface area contributed by atoms with Gasteiger partial charge in [0, 0.05) is 16.4 Å². The van der Waals surface area contributed by atoms with Gasteiger partial charge in [0.15, 0.2) is 0 Å². The lowest BCUT2D eigenvalue weighted by atomic mass is 10.2. The molecule has 0 saturated carbocycles. The predicted octanol–water partition coefficient (Wildman–Crippen LogP) is 3.47. The fourth-order valence-corrected chi connectivity index (χ4v) is 2.00. The highest BCUT2D eigenvalue weighted by atomic mass is 79.9. The van der Waals surface area contributed by atoms with Crippen LogP contribution in [0.15, 0.2) is 41.0 Å². The number of carbonyl (C=O) groups is 1. The van der Waals surface area contributed by atoms with E-state index in [1.54, 1.807) is 6.07 Å². The van der Waals surface area contributed by atoms with Crippen LogP contribution in [0.4, 0.5) is 10.1 Å².